The van der Waals surface area contributed by atoms with Crippen molar-refractivity contribution in [2.75, 3.05) is 18.8 Å². The van der Waals surface area contributed by atoms with E-state index in [2.05, 4.69) is 15.6 Å². The molecule has 2 bridgehead atoms. The number of ether oxygens (including phenoxy) is 1. The molecule has 2 fully saturated rings. The van der Waals surface area contributed by atoms with E-state index in [-0.39, 0.29) is 24.4 Å². The first-order chi connectivity index (χ1) is 8.98. The van der Waals surface area contributed by atoms with Gasteiger partial charge in [0.2, 0.25) is 10.0 Å². The van der Waals surface area contributed by atoms with E-state index in [1.807, 2.05) is 6.92 Å². The van der Waals surface area contributed by atoms with Crippen LogP contribution in [0.2, 0.25) is 0 Å². The highest BCUT2D eigenvalue weighted by atomic mass is 32.2. The Morgan fingerprint density at radius 3 is 2.79 bits per heavy atom. The van der Waals surface area contributed by atoms with Crippen LogP contribution in [0.1, 0.15) is 26.2 Å². The fraction of sp³-hybridized carbons (Fsp3) is 0.909. The molecule has 2 rings (SSSR count). The minimum atomic E-state index is -3.46. The molecule has 0 saturated carbocycles. The molecule has 3 atom stereocenters. The van der Waals surface area contributed by atoms with Crippen LogP contribution < -0.4 is 15.8 Å². The Morgan fingerprint density at radius 1 is 1.47 bits per heavy atom. The Bertz CT molecular complexity index is 437. The Morgan fingerprint density at radius 2 is 2.26 bits per heavy atom. The first-order valence-electron chi connectivity index (χ1n) is 6.68. The van der Waals surface area contributed by atoms with E-state index in [9.17, 15) is 8.42 Å². The number of primary sulfonamides is 1. The van der Waals surface area contributed by atoms with Crippen molar-refractivity contribution in [3.8, 4) is 0 Å². The fourth-order valence-corrected chi connectivity index (χ4v) is 2.92. The van der Waals surface area contributed by atoms with Gasteiger partial charge >= 0.3 is 0 Å². The van der Waals surface area contributed by atoms with E-state index in [4.69, 9.17) is 9.88 Å². The van der Waals surface area contributed by atoms with Gasteiger partial charge in [-0.25, -0.2) is 13.6 Å². The van der Waals surface area contributed by atoms with E-state index < -0.39 is 10.0 Å². The van der Waals surface area contributed by atoms with Crippen molar-refractivity contribution < 1.29 is 13.2 Å². The molecule has 0 aliphatic carbocycles. The van der Waals surface area contributed by atoms with Gasteiger partial charge in [0.25, 0.3) is 0 Å². The standard InChI is InChI=1S/C11H22N4O3S/c1-2-13-11(14-5-6-19(12,16)17)15-9-7-8-3-4-10(9)18-8/h8-10H,2-7H2,1H3,(H2,12,16,17)(H2,13,14,15). The van der Waals surface area contributed by atoms with Gasteiger partial charge in [0.1, 0.15) is 0 Å². The van der Waals surface area contributed by atoms with Gasteiger partial charge in [-0.05, 0) is 26.2 Å². The van der Waals surface area contributed by atoms with Crippen LogP contribution in [0.3, 0.4) is 0 Å². The van der Waals surface area contributed by atoms with Gasteiger partial charge in [0.15, 0.2) is 5.96 Å². The van der Waals surface area contributed by atoms with Crippen molar-refractivity contribution in [1.29, 1.82) is 0 Å². The molecule has 0 aromatic heterocycles. The van der Waals surface area contributed by atoms with Crippen LogP contribution >= 0.6 is 0 Å². The van der Waals surface area contributed by atoms with Gasteiger partial charge < -0.3 is 15.4 Å². The minimum absolute atomic E-state index is 0.142. The predicted octanol–water partition coefficient (Wildman–Crippen LogP) is -0.850. The molecule has 2 saturated heterocycles. The molecular formula is C11H22N4O3S. The maximum Gasteiger partial charge on any atom is 0.210 e. The van der Waals surface area contributed by atoms with Crippen LogP contribution in [0.25, 0.3) is 0 Å². The van der Waals surface area contributed by atoms with Crippen molar-refractivity contribution in [2.24, 2.45) is 10.1 Å². The van der Waals surface area contributed by atoms with Crippen molar-refractivity contribution in [3.63, 3.8) is 0 Å². The lowest BCUT2D eigenvalue weighted by Crippen LogP contribution is -2.47. The fourth-order valence-electron chi connectivity index (χ4n) is 2.57. The van der Waals surface area contributed by atoms with E-state index in [1.165, 1.54) is 0 Å². The van der Waals surface area contributed by atoms with Gasteiger partial charge in [-0.3, -0.25) is 4.99 Å². The number of hydrogen-bond acceptors (Lipinski definition) is 4. The number of fused-ring (bicyclic) bond motifs is 2. The molecule has 19 heavy (non-hydrogen) atoms. The molecule has 7 nitrogen and oxygen atoms in total. The maximum absolute atomic E-state index is 10.9. The molecule has 0 aromatic rings. The van der Waals surface area contributed by atoms with Crippen LogP contribution in [0.4, 0.5) is 0 Å². The monoisotopic (exact) mass is 290 g/mol. The summed E-state index contributed by atoms with van der Waals surface area (Å²) in [5, 5.41) is 11.4. The number of nitrogens with one attached hydrogen (secondary N) is 2. The number of rotatable bonds is 5. The minimum Gasteiger partial charge on any atom is -0.373 e. The largest absolute Gasteiger partial charge is 0.373 e. The third-order valence-corrected chi connectivity index (χ3v) is 4.17. The lowest BCUT2D eigenvalue weighted by Gasteiger charge is -2.22. The Hall–Kier alpha value is -0.860. The normalized spacial score (nSPS) is 30.6. The van der Waals surface area contributed by atoms with Gasteiger partial charge in [-0.15, -0.1) is 0 Å². The Kier molecular flexibility index (Phi) is 4.64. The van der Waals surface area contributed by atoms with Crippen LogP contribution in [-0.2, 0) is 14.8 Å². The number of sulfonamides is 1. The third-order valence-electron chi connectivity index (χ3n) is 3.42. The summed E-state index contributed by atoms with van der Waals surface area (Å²) in [5.41, 5.74) is 0. The zero-order valence-corrected chi connectivity index (χ0v) is 11.9. The summed E-state index contributed by atoms with van der Waals surface area (Å²) in [6.07, 6.45) is 3.84. The molecule has 4 N–H and O–H groups in total. The number of nitrogens with zero attached hydrogens (tertiary/aromatic N) is 1. The van der Waals surface area contributed by atoms with Crippen molar-refractivity contribution in [1.82, 2.24) is 10.6 Å². The molecular weight excluding hydrogens is 268 g/mol. The second-order valence-electron chi connectivity index (χ2n) is 4.99. The van der Waals surface area contributed by atoms with Crippen molar-refractivity contribution >= 4 is 16.0 Å². The Balaban J connectivity index is 1.87. The summed E-state index contributed by atoms with van der Waals surface area (Å²) in [6, 6.07) is 0.269. The molecule has 0 aromatic carbocycles. The summed E-state index contributed by atoms with van der Waals surface area (Å²) in [4.78, 5) is 4.23. The van der Waals surface area contributed by atoms with E-state index in [1.54, 1.807) is 0 Å². The second-order valence-corrected chi connectivity index (χ2v) is 6.72. The second kappa shape index (κ2) is 6.06. The van der Waals surface area contributed by atoms with E-state index >= 15 is 0 Å². The number of hydrogen-bond donors (Lipinski definition) is 3. The van der Waals surface area contributed by atoms with Crippen LogP contribution in [0.15, 0.2) is 4.99 Å². The predicted molar refractivity (Wildman–Crippen MR) is 73.4 cm³/mol. The maximum atomic E-state index is 10.9. The topological polar surface area (TPSA) is 106 Å². The third kappa shape index (κ3) is 4.32. The summed E-state index contributed by atoms with van der Waals surface area (Å²) in [6.45, 7) is 2.85. The highest BCUT2D eigenvalue weighted by Crippen LogP contribution is 2.34. The first kappa shape index (κ1) is 14.5. The first-order valence-corrected chi connectivity index (χ1v) is 8.40. The summed E-state index contributed by atoms with van der Waals surface area (Å²) in [5.74, 6) is 0.490. The quantitative estimate of drug-likeness (QED) is 0.452. The summed E-state index contributed by atoms with van der Waals surface area (Å²) < 4.78 is 27.5. The lowest BCUT2D eigenvalue weighted by molar-refractivity contribution is 0.0992. The Labute approximate surface area is 114 Å². The SMILES string of the molecule is CCNC(=NCCS(N)(=O)=O)NC1CC2CCC1O2. The molecule has 2 heterocycles. The van der Waals surface area contributed by atoms with Crippen LogP contribution in [0, 0.1) is 0 Å². The molecule has 2 aliphatic heterocycles. The smallest absolute Gasteiger partial charge is 0.210 e. The average Bonchev–Trinajstić information content (AvgIpc) is 2.89. The number of aliphatic imine (C=N–C) groups is 1. The van der Waals surface area contributed by atoms with Gasteiger partial charge in [-0.1, -0.05) is 0 Å². The molecule has 3 unspecified atom stereocenters. The van der Waals surface area contributed by atoms with E-state index in [0.29, 0.717) is 12.1 Å². The summed E-state index contributed by atoms with van der Waals surface area (Å²) in [7, 11) is -3.46. The number of guanidine groups is 1. The van der Waals surface area contributed by atoms with Gasteiger partial charge in [0.05, 0.1) is 30.5 Å². The van der Waals surface area contributed by atoms with Crippen molar-refractivity contribution in [2.45, 2.75) is 44.4 Å². The molecule has 110 valence electrons. The zero-order chi connectivity index (χ0) is 13.9. The van der Waals surface area contributed by atoms with Crippen LogP contribution in [0.5, 0.6) is 0 Å². The van der Waals surface area contributed by atoms with E-state index in [0.717, 1.165) is 25.8 Å². The molecule has 0 spiro atoms. The highest BCUT2D eigenvalue weighted by molar-refractivity contribution is 7.89. The van der Waals surface area contributed by atoms with Crippen LogP contribution in [-0.4, -0.2) is 51.5 Å². The average molecular weight is 290 g/mol. The van der Waals surface area contributed by atoms with Gasteiger partial charge in [-0.2, -0.15) is 0 Å². The van der Waals surface area contributed by atoms with Gasteiger partial charge in [0, 0.05) is 6.54 Å². The number of nitrogens with two attached hydrogens (primary N) is 1. The molecule has 0 radical (unpaired) electrons. The lowest BCUT2D eigenvalue weighted by atomic mass is 9.96. The highest BCUT2D eigenvalue weighted by Gasteiger charge is 2.41. The molecule has 8 heteroatoms. The zero-order valence-electron chi connectivity index (χ0n) is 11.1. The summed E-state index contributed by atoms with van der Waals surface area (Å²) >= 11 is 0. The van der Waals surface area contributed by atoms with Crippen molar-refractivity contribution in [3.05, 3.63) is 0 Å². The molecule has 2 aliphatic rings. The molecule has 0 amide bonds.